The van der Waals surface area contributed by atoms with Crippen LogP contribution in [-0.2, 0) is 10.8 Å². The van der Waals surface area contributed by atoms with Gasteiger partial charge in [0.25, 0.3) is 0 Å². The fourth-order valence-electron chi connectivity index (χ4n) is 1.39. The van der Waals surface area contributed by atoms with Gasteiger partial charge in [0.05, 0.1) is 0 Å². The van der Waals surface area contributed by atoms with Crippen LogP contribution in [0.25, 0.3) is 5.84 Å². The average Bonchev–Trinajstić information content (AvgIpc) is 2.53. The second-order valence-electron chi connectivity index (χ2n) is 6.13. The van der Waals surface area contributed by atoms with E-state index in [0.717, 1.165) is 5.82 Å². The molecule has 0 fully saturated rings. The topological polar surface area (TPSA) is 56.2 Å². The second-order valence-corrected chi connectivity index (χ2v) is 6.13. The molecule has 0 bridgehead atoms. The molecule has 0 saturated carbocycles. The van der Waals surface area contributed by atoms with Crippen LogP contribution < -0.4 is 0 Å². The zero-order valence-corrected chi connectivity index (χ0v) is 10.7. The molecule has 0 amide bonds. The molecule has 0 spiro atoms. The molecule has 0 saturated heterocycles. The van der Waals surface area contributed by atoms with Gasteiger partial charge >= 0.3 is 5.84 Å². The fourth-order valence-corrected chi connectivity index (χ4v) is 1.39. The van der Waals surface area contributed by atoms with Gasteiger partial charge in [-0.05, 0) is 0 Å². The normalized spacial score (nSPS) is 13.6. The zero-order chi connectivity index (χ0) is 12.1. The van der Waals surface area contributed by atoms with Crippen molar-refractivity contribution in [3.63, 3.8) is 0 Å². The maximum Gasteiger partial charge on any atom is 0.345 e. The Morgan fingerprint density at radius 1 is 0.938 bits per heavy atom. The number of nitrogens with zero attached hydrogens (tertiary/aromatic N) is 4. The summed E-state index contributed by atoms with van der Waals surface area (Å²) in [5.74, 6) is 1.97. The third kappa shape index (κ3) is 1.70. The smallest absolute Gasteiger partial charge is 0.345 e. The average molecular weight is 222 g/mol. The van der Waals surface area contributed by atoms with Crippen LogP contribution in [0.3, 0.4) is 0 Å². The molecule has 2 aromatic rings. The summed E-state index contributed by atoms with van der Waals surface area (Å²) in [5.41, 5.74) is -0.207. The summed E-state index contributed by atoms with van der Waals surface area (Å²) in [6.45, 7) is 12.4. The van der Waals surface area contributed by atoms with Crippen molar-refractivity contribution in [3.8, 4) is 0 Å². The van der Waals surface area contributed by atoms with Gasteiger partial charge in [0.1, 0.15) is 0 Å². The summed E-state index contributed by atoms with van der Waals surface area (Å²) in [6, 6.07) is 0. The number of hydrogen-bond donors (Lipinski definition) is 0. The van der Waals surface area contributed by atoms with E-state index in [4.69, 9.17) is 4.42 Å². The van der Waals surface area contributed by atoms with Crippen molar-refractivity contribution in [1.29, 1.82) is 0 Å². The van der Waals surface area contributed by atoms with Gasteiger partial charge in [0.2, 0.25) is 5.89 Å². The lowest BCUT2D eigenvalue weighted by Gasteiger charge is -2.14. The molecule has 0 aliphatic rings. The van der Waals surface area contributed by atoms with Crippen molar-refractivity contribution in [1.82, 2.24) is 19.8 Å². The number of rotatable bonds is 0. The third-order valence-electron chi connectivity index (χ3n) is 2.30. The maximum absolute atomic E-state index is 5.59. The predicted octanol–water partition coefficient (Wildman–Crippen LogP) is 2.31. The van der Waals surface area contributed by atoms with Crippen LogP contribution >= 0.6 is 0 Å². The van der Waals surface area contributed by atoms with Crippen molar-refractivity contribution < 1.29 is 4.42 Å². The van der Waals surface area contributed by atoms with Gasteiger partial charge in [0.15, 0.2) is 5.82 Å². The van der Waals surface area contributed by atoms with Crippen molar-refractivity contribution in [2.75, 3.05) is 0 Å². The number of fused-ring (bicyclic) bond motifs is 1. The Hall–Kier alpha value is -1.39. The van der Waals surface area contributed by atoms with E-state index in [-0.39, 0.29) is 10.8 Å². The Bertz CT molecular complexity index is 510. The molecule has 2 aromatic heterocycles. The molecule has 2 heterocycles. The van der Waals surface area contributed by atoms with Crippen LogP contribution in [0.15, 0.2) is 4.42 Å². The molecule has 5 nitrogen and oxygen atoms in total. The quantitative estimate of drug-likeness (QED) is 0.686. The Balaban J connectivity index is 2.61. The van der Waals surface area contributed by atoms with E-state index in [1.807, 2.05) is 0 Å². The van der Waals surface area contributed by atoms with E-state index in [2.05, 4.69) is 56.8 Å². The summed E-state index contributed by atoms with van der Waals surface area (Å²) >= 11 is 0. The Morgan fingerprint density at radius 2 is 1.56 bits per heavy atom. The molecule has 0 unspecified atom stereocenters. The highest BCUT2D eigenvalue weighted by molar-refractivity contribution is 5.24. The van der Waals surface area contributed by atoms with E-state index >= 15 is 0 Å². The summed E-state index contributed by atoms with van der Waals surface area (Å²) in [5, 5.41) is 12.5. The Morgan fingerprint density at radius 3 is 2.06 bits per heavy atom. The minimum atomic E-state index is -0.115. The Labute approximate surface area is 94.9 Å². The lowest BCUT2D eigenvalue weighted by molar-refractivity contribution is 0.404. The first-order chi connectivity index (χ1) is 7.19. The molecule has 0 atom stereocenters. The maximum atomic E-state index is 5.59. The Kier molecular flexibility index (Phi) is 2.12. The molecule has 0 aromatic carbocycles. The lowest BCUT2D eigenvalue weighted by atomic mass is 9.96. The first kappa shape index (κ1) is 11.1. The highest BCUT2D eigenvalue weighted by Gasteiger charge is 2.27. The van der Waals surface area contributed by atoms with Crippen LogP contribution in [0.5, 0.6) is 0 Å². The van der Waals surface area contributed by atoms with E-state index in [9.17, 15) is 0 Å². The number of hydrogen-bond acceptors (Lipinski definition) is 4. The van der Waals surface area contributed by atoms with Gasteiger partial charge in [-0.25, -0.2) is 0 Å². The molecule has 0 aliphatic carbocycles. The van der Waals surface area contributed by atoms with Gasteiger partial charge in [-0.15, -0.1) is 10.2 Å². The minimum Gasteiger partial charge on any atom is -0.406 e. The standard InChI is InChI=1S/C11H18N4O/c1-10(2,3)7-12-13-9-15(7)14-8(16-9)11(4,5)6/h1-6H3. The monoisotopic (exact) mass is 222 g/mol. The summed E-state index contributed by atoms with van der Waals surface area (Å²) in [4.78, 5) is 0. The molecule has 0 radical (unpaired) electrons. The molecule has 88 valence electrons. The first-order valence-corrected chi connectivity index (χ1v) is 5.43. The summed E-state index contributed by atoms with van der Waals surface area (Å²) < 4.78 is 7.28. The molecule has 16 heavy (non-hydrogen) atoms. The SMILES string of the molecule is CC(C)(C)c1nn2c(C(C)(C)C)nnc2o1. The first-order valence-electron chi connectivity index (χ1n) is 5.43. The van der Waals surface area contributed by atoms with Crippen LogP contribution in [0.4, 0.5) is 0 Å². The molecule has 2 rings (SSSR count). The summed E-state index contributed by atoms with van der Waals surface area (Å²) in [7, 11) is 0. The molecule has 0 N–H and O–H groups in total. The highest BCUT2D eigenvalue weighted by atomic mass is 16.4. The van der Waals surface area contributed by atoms with Crippen molar-refractivity contribution in [2.24, 2.45) is 0 Å². The van der Waals surface area contributed by atoms with Gasteiger partial charge in [-0.1, -0.05) is 46.6 Å². The van der Waals surface area contributed by atoms with Crippen LogP contribution in [0, 0.1) is 0 Å². The summed E-state index contributed by atoms with van der Waals surface area (Å²) in [6.07, 6.45) is 0. The predicted molar refractivity (Wildman–Crippen MR) is 60.4 cm³/mol. The largest absolute Gasteiger partial charge is 0.406 e. The van der Waals surface area contributed by atoms with Gasteiger partial charge in [-0.2, -0.15) is 4.52 Å². The van der Waals surface area contributed by atoms with Crippen LogP contribution in [-0.4, -0.2) is 19.8 Å². The van der Waals surface area contributed by atoms with Crippen molar-refractivity contribution in [3.05, 3.63) is 11.7 Å². The molecular weight excluding hydrogens is 204 g/mol. The second kappa shape index (κ2) is 3.06. The van der Waals surface area contributed by atoms with Gasteiger partial charge in [-0.3, -0.25) is 0 Å². The lowest BCUT2D eigenvalue weighted by Crippen LogP contribution is -2.18. The van der Waals surface area contributed by atoms with Gasteiger partial charge < -0.3 is 4.42 Å². The zero-order valence-electron chi connectivity index (χ0n) is 10.7. The van der Waals surface area contributed by atoms with Gasteiger partial charge in [0, 0.05) is 10.8 Å². The van der Waals surface area contributed by atoms with Crippen molar-refractivity contribution in [2.45, 2.75) is 52.4 Å². The van der Waals surface area contributed by atoms with E-state index in [0.29, 0.717) is 11.7 Å². The van der Waals surface area contributed by atoms with E-state index < -0.39 is 0 Å². The molecule has 0 aliphatic heterocycles. The number of aromatic nitrogens is 4. The van der Waals surface area contributed by atoms with E-state index in [1.165, 1.54) is 0 Å². The highest BCUT2D eigenvalue weighted by Crippen LogP contribution is 2.25. The third-order valence-corrected chi connectivity index (χ3v) is 2.30. The van der Waals surface area contributed by atoms with Crippen LogP contribution in [0.1, 0.15) is 53.3 Å². The minimum absolute atomic E-state index is 0.0918. The van der Waals surface area contributed by atoms with Crippen LogP contribution in [0.2, 0.25) is 0 Å². The van der Waals surface area contributed by atoms with Crippen molar-refractivity contribution >= 4 is 5.84 Å². The molecular formula is C11H18N4O. The molecule has 5 heteroatoms. The fraction of sp³-hybridized carbons (Fsp3) is 0.727. The van der Waals surface area contributed by atoms with E-state index in [1.54, 1.807) is 4.52 Å².